The Morgan fingerprint density at radius 3 is 3.00 bits per heavy atom. The van der Waals surface area contributed by atoms with Crippen LogP contribution in [-0.4, -0.2) is 48.1 Å². The lowest BCUT2D eigenvalue weighted by Crippen LogP contribution is -2.37. The van der Waals surface area contributed by atoms with E-state index in [2.05, 4.69) is 42.7 Å². The molecule has 0 spiro atoms. The van der Waals surface area contributed by atoms with Gasteiger partial charge < -0.3 is 15.5 Å². The minimum absolute atomic E-state index is 0.488. The van der Waals surface area contributed by atoms with E-state index in [0.29, 0.717) is 11.9 Å². The number of likely N-dealkylation sites (N-methyl/N-ethyl adjacent to an activating group) is 2. The first kappa shape index (κ1) is 12.6. The van der Waals surface area contributed by atoms with Gasteiger partial charge in [-0.05, 0) is 42.4 Å². The first-order valence-electron chi connectivity index (χ1n) is 5.77. The Hall–Kier alpha value is -0.880. The third-order valence-electron chi connectivity index (χ3n) is 3.32. The van der Waals surface area contributed by atoms with Gasteiger partial charge in [-0.25, -0.2) is 9.97 Å². The number of nitrogens with zero attached hydrogens (tertiary/aromatic N) is 4. The quantitative estimate of drug-likeness (QED) is 0.913. The summed E-state index contributed by atoms with van der Waals surface area (Å²) >= 11 is 3.44. The van der Waals surface area contributed by atoms with Crippen LogP contribution in [0.5, 0.6) is 0 Å². The third-order valence-corrected chi connectivity index (χ3v) is 4.08. The van der Waals surface area contributed by atoms with Gasteiger partial charge in [0.2, 0.25) is 0 Å². The van der Waals surface area contributed by atoms with E-state index in [1.165, 1.54) is 25.7 Å². The lowest BCUT2D eigenvalue weighted by molar-refractivity contribution is 0.314. The maximum atomic E-state index is 5.76. The second-order valence-electron chi connectivity index (χ2n) is 4.55. The van der Waals surface area contributed by atoms with Gasteiger partial charge in [0.25, 0.3) is 0 Å². The lowest BCUT2D eigenvalue weighted by atomic mass is 10.2. The van der Waals surface area contributed by atoms with Gasteiger partial charge >= 0.3 is 0 Å². The van der Waals surface area contributed by atoms with E-state index in [1.54, 1.807) is 0 Å². The molecule has 2 N–H and O–H groups in total. The number of aromatic nitrogens is 2. The summed E-state index contributed by atoms with van der Waals surface area (Å²) in [6, 6.07) is 0.600. The van der Waals surface area contributed by atoms with E-state index < -0.39 is 0 Å². The fraction of sp³-hybridized carbons (Fsp3) is 0.636. The molecule has 1 atom stereocenters. The zero-order valence-electron chi connectivity index (χ0n) is 10.2. The Morgan fingerprint density at radius 1 is 1.59 bits per heavy atom. The topological polar surface area (TPSA) is 58.3 Å². The maximum Gasteiger partial charge on any atom is 0.148 e. The molecule has 1 saturated heterocycles. The van der Waals surface area contributed by atoms with Gasteiger partial charge in [0.05, 0.1) is 0 Å². The van der Waals surface area contributed by atoms with Crippen molar-refractivity contribution in [3.63, 3.8) is 0 Å². The van der Waals surface area contributed by atoms with Crippen molar-refractivity contribution in [3.8, 4) is 0 Å². The van der Waals surface area contributed by atoms with Gasteiger partial charge in [-0.1, -0.05) is 0 Å². The van der Waals surface area contributed by atoms with Crippen LogP contribution in [0.1, 0.15) is 12.8 Å². The predicted octanol–water partition coefficient (Wildman–Crippen LogP) is 1.35. The van der Waals surface area contributed by atoms with Crippen molar-refractivity contribution < 1.29 is 0 Å². The van der Waals surface area contributed by atoms with Crippen LogP contribution in [0, 0.1) is 0 Å². The largest absolute Gasteiger partial charge is 0.383 e. The van der Waals surface area contributed by atoms with Crippen LogP contribution in [0.15, 0.2) is 10.8 Å². The number of likely N-dealkylation sites (tertiary alicyclic amines) is 1. The molecule has 0 aromatic carbocycles. The number of nitrogen functional groups attached to an aromatic ring is 1. The molecule has 5 nitrogen and oxygen atoms in total. The van der Waals surface area contributed by atoms with Crippen LogP contribution in [0.25, 0.3) is 0 Å². The van der Waals surface area contributed by atoms with Gasteiger partial charge in [-0.3, -0.25) is 0 Å². The van der Waals surface area contributed by atoms with Crippen LogP contribution < -0.4 is 10.6 Å². The molecular weight excluding hydrogens is 282 g/mol. The highest BCUT2D eigenvalue weighted by Gasteiger charge is 2.23. The molecular formula is C11H18BrN5. The molecule has 0 radical (unpaired) electrons. The molecule has 0 saturated carbocycles. The molecule has 2 heterocycles. The lowest BCUT2D eigenvalue weighted by Gasteiger charge is -2.27. The van der Waals surface area contributed by atoms with E-state index >= 15 is 0 Å². The smallest absolute Gasteiger partial charge is 0.148 e. The number of hydrogen-bond donors (Lipinski definition) is 1. The SMILES string of the molecule is CN(CC1CCCN1C)c1ncnc(N)c1Br. The highest BCUT2D eigenvalue weighted by atomic mass is 79.9. The van der Waals surface area contributed by atoms with Crippen molar-refractivity contribution in [1.29, 1.82) is 0 Å². The standard InChI is InChI=1S/C11H18BrN5/c1-16-5-3-4-8(16)6-17(2)11-9(12)10(13)14-7-15-11/h7-8H,3-6H2,1-2H3,(H2,13,14,15). The molecule has 0 aliphatic carbocycles. The zero-order chi connectivity index (χ0) is 12.4. The number of nitrogens with two attached hydrogens (primary N) is 1. The monoisotopic (exact) mass is 299 g/mol. The maximum absolute atomic E-state index is 5.76. The average molecular weight is 300 g/mol. The summed E-state index contributed by atoms with van der Waals surface area (Å²) in [6.45, 7) is 2.15. The molecule has 6 heteroatoms. The summed E-state index contributed by atoms with van der Waals surface area (Å²) in [6.07, 6.45) is 4.03. The summed E-state index contributed by atoms with van der Waals surface area (Å²) in [5.41, 5.74) is 5.76. The minimum Gasteiger partial charge on any atom is -0.383 e. The molecule has 1 aliphatic rings. The molecule has 1 aromatic heterocycles. The summed E-state index contributed by atoms with van der Waals surface area (Å²) in [5, 5.41) is 0. The molecule has 1 fully saturated rings. The summed E-state index contributed by atoms with van der Waals surface area (Å²) in [5.74, 6) is 1.35. The van der Waals surface area contributed by atoms with Crippen LogP contribution >= 0.6 is 15.9 Å². The van der Waals surface area contributed by atoms with E-state index in [0.717, 1.165) is 16.8 Å². The molecule has 0 amide bonds. The zero-order valence-corrected chi connectivity index (χ0v) is 11.8. The molecule has 1 unspecified atom stereocenters. The summed E-state index contributed by atoms with van der Waals surface area (Å²) < 4.78 is 0.781. The molecule has 1 aliphatic heterocycles. The second-order valence-corrected chi connectivity index (χ2v) is 5.35. The van der Waals surface area contributed by atoms with Crippen molar-refractivity contribution in [2.75, 3.05) is 37.8 Å². The highest BCUT2D eigenvalue weighted by molar-refractivity contribution is 9.10. The van der Waals surface area contributed by atoms with Crippen molar-refractivity contribution in [2.24, 2.45) is 0 Å². The number of anilines is 2. The Bertz CT molecular complexity index is 397. The predicted molar refractivity (Wildman–Crippen MR) is 73.1 cm³/mol. The number of halogens is 1. The van der Waals surface area contributed by atoms with Crippen molar-refractivity contribution in [3.05, 3.63) is 10.8 Å². The third kappa shape index (κ3) is 2.69. The Kier molecular flexibility index (Phi) is 3.83. The van der Waals surface area contributed by atoms with E-state index in [4.69, 9.17) is 5.73 Å². The molecule has 0 bridgehead atoms. The van der Waals surface area contributed by atoms with Crippen LogP contribution in [0.2, 0.25) is 0 Å². The van der Waals surface area contributed by atoms with Crippen LogP contribution in [-0.2, 0) is 0 Å². The minimum atomic E-state index is 0.488. The van der Waals surface area contributed by atoms with Gasteiger partial charge in [-0.2, -0.15) is 0 Å². The average Bonchev–Trinajstić information content (AvgIpc) is 2.68. The fourth-order valence-corrected chi connectivity index (χ4v) is 2.76. The Morgan fingerprint density at radius 2 is 2.35 bits per heavy atom. The first-order valence-corrected chi connectivity index (χ1v) is 6.56. The molecule has 17 heavy (non-hydrogen) atoms. The fourth-order valence-electron chi connectivity index (χ4n) is 2.25. The Labute approximate surface area is 110 Å². The molecule has 2 rings (SSSR count). The molecule has 94 valence electrons. The van der Waals surface area contributed by atoms with Gasteiger partial charge in [-0.15, -0.1) is 0 Å². The first-order chi connectivity index (χ1) is 8.09. The van der Waals surface area contributed by atoms with Crippen LogP contribution in [0.4, 0.5) is 11.6 Å². The Balaban J connectivity index is 2.09. The number of rotatable bonds is 3. The highest BCUT2D eigenvalue weighted by Crippen LogP contribution is 2.27. The second kappa shape index (κ2) is 5.18. The van der Waals surface area contributed by atoms with E-state index in [1.807, 2.05) is 7.05 Å². The van der Waals surface area contributed by atoms with Crippen LogP contribution in [0.3, 0.4) is 0 Å². The van der Waals surface area contributed by atoms with Gasteiger partial charge in [0, 0.05) is 19.6 Å². The van der Waals surface area contributed by atoms with Gasteiger partial charge in [0.15, 0.2) is 0 Å². The van der Waals surface area contributed by atoms with Crippen molar-refractivity contribution >= 4 is 27.6 Å². The molecule has 1 aromatic rings. The van der Waals surface area contributed by atoms with E-state index in [-0.39, 0.29) is 0 Å². The summed E-state index contributed by atoms with van der Waals surface area (Å²) in [7, 11) is 4.22. The van der Waals surface area contributed by atoms with Crippen molar-refractivity contribution in [1.82, 2.24) is 14.9 Å². The number of hydrogen-bond acceptors (Lipinski definition) is 5. The van der Waals surface area contributed by atoms with E-state index in [9.17, 15) is 0 Å². The normalized spacial score (nSPS) is 20.8. The van der Waals surface area contributed by atoms with Gasteiger partial charge in [0.1, 0.15) is 22.4 Å². The van der Waals surface area contributed by atoms with Crippen molar-refractivity contribution in [2.45, 2.75) is 18.9 Å². The summed E-state index contributed by atoms with van der Waals surface area (Å²) in [4.78, 5) is 12.8.